The molecule has 1 aliphatic rings. The Bertz CT molecular complexity index is 4930. The van der Waals surface area contributed by atoms with Crippen LogP contribution in [0, 0.1) is 0 Å². The van der Waals surface area contributed by atoms with E-state index in [9.17, 15) is 19.2 Å². The van der Waals surface area contributed by atoms with E-state index in [2.05, 4.69) is 47.7 Å². The van der Waals surface area contributed by atoms with Gasteiger partial charge in [-0.15, -0.1) is 0 Å². The molecule has 4 aromatic heterocycles. The number of hydrogen-bond acceptors (Lipinski definition) is 20. The van der Waals surface area contributed by atoms with Gasteiger partial charge in [0.25, 0.3) is 0 Å². The zero-order valence-corrected chi connectivity index (χ0v) is 70.2. The van der Waals surface area contributed by atoms with E-state index in [0.717, 1.165) is 141 Å². The topological polar surface area (TPSA) is 244 Å². The Labute approximate surface area is 722 Å². The van der Waals surface area contributed by atoms with Crippen molar-refractivity contribution in [3.8, 4) is 46.0 Å². The summed E-state index contributed by atoms with van der Waals surface area (Å²) < 4.78 is 73.5. The summed E-state index contributed by atoms with van der Waals surface area (Å²) in [5.41, 5.74) is 11.7. The predicted molar refractivity (Wildman–Crippen MR) is 483 cm³/mol. The highest BCUT2D eigenvalue weighted by molar-refractivity contribution is 5.93. The first-order valence-corrected chi connectivity index (χ1v) is 42.1. The fourth-order valence-corrected chi connectivity index (χ4v) is 13.8. The van der Waals surface area contributed by atoms with Crippen molar-refractivity contribution >= 4 is 73.0 Å². The fourth-order valence-electron chi connectivity index (χ4n) is 13.8. The maximum atomic E-state index is 14.6. The number of furan rings is 4. The molecule has 8 bridgehead atoms. The van der Waals surface area contributed by atoms with Gasteiger partial charge in [0.2, 0.25) is 0 Å². The molecule has 632 valence electrons. The van der Waals surface area contributed by atoms with Crippen LogP contribution in [0.1, 0.15) is 191 Å². The minimum atomic E-state index is -0.649. The van der Waals surface area contributed by atoms with Crippen molar-refractivity contribution in [2.24, 2.45) is 20.0 Å². The van der Waals surface area contributed by atoms with Gasteiger partial charge in [-0.3, -0.25) is 20.0 Å². The number of nitrogens with zero attached hydrogens (tertiary/aromatic N) is 4. The molecule has 0 aliphatic heterocycles. The molecular formula is C104H100N4O16. The number of hydrogen-bond donors (Lipinski definition) is 0. The lowest BCUT2D eigenvalue weighted by Crippen LogP contribution is -2.10. The monoisotopic (exact) mass is 1660 g/mol. The second kappa shape index (κ2) is 45.8. The summed E-state index contributed by atoms with van der Waals surface area (Å²) in [4.78, 5) is 76.7. The minimum absolute atomic E-state index is 0.163. The van der Waals surface area contributed by atoms with Gasteiger partial charge in [0, 0.05) is 49.2 Å². The van der Waals surface area contributed by atoms with Gasteiger partial charge in [0.15, 0.2) is 0 Å². The number of benzene rings is 8. The summed E-state index contributed by atoms with van der Waals surface area (Å²) in [5, 5.41) is 0. The van der Waals surface area contributed by atoms with Crippen molar-refractivity contribution in [3.05, 3.63) is 356 Å². The van der Waals surface area contributed by atoms with Crippen molar-refractivity contribution in [3.63, 3.8) is 0 Å². The molecule has 0 saturated heterocycles. The first kappa shape index (κ1) is 87.4. The number of rotatable bonds is 40. The second-order valence-electron chi connectivity index (χ2n) is 29.6. The minimum Gasteiger partial charge on any atom is -0.494 e. The molecule has 20 heteroatoms. The number of esters is 4. The van der Waals surface area contributed by atoms with Crippen LogP contribution in [0.2, 0.25) is 0 Å². The summed E-state index contributed by atoms with van der Waals surface area (Å²) >= 11 is 0. The van der Waals surface area contributed by atoms with E-state index in [0.29, 0.717) is 121 Å². The van der Waals surface area contributed by atoms with Gasteiger partial charge in [-0.2, -0.15) is 0 Å². The molecule has 0 fully saturated rings. The summed E-state index contributed by atoms with van der Waals surface area (Å²) in [6.07, 6.45) is 33.3. The molecule has 124 heavy (non-hydrogen) atoms. The lowest BCUT2D eigenvalue weighted by molar-refractivity contribution is -0.129. The normalized spacial score (nSPS) is 12.3. The van der Waals surface area contributed by atoms with Crippen LogP contribution in [0.4, 0.5) is 0 Å². The van der Waals surface area contributed by atoms with Gasteiger partial charge < -0.3 is 55.6 Å². The molecule has 20 nitrogen and oxygen atoms in total. The smallest absolute Gasteiger partial charge is 0.336 e. The third kappa shape index (κ3) is 26.8. The third-order valence-corrected chi connectivity index (χ3v) is 20.1. The quantitative estimate of drug-likeness (QED) is 0.0114. The molecule has 0 N–H and O–H groups in total. The van der Waals surface area contributed by atoms with Gasteiger partial charge in [-0.1, -0.05) is 53.4 Å². The molecule has 13 rings (SSSR count). The van der Waals surface area contributed by atoms with Crippen LogP contribution in [0.3, 0.4) is 0 Å². The van der Waals surface area contributed by atoms with Crippen molar-refractivity contribution < 1.29 is 74.7 Å². The average molecular weight is 1660 g/mol. The number of fused-ring (bicyclic) bond motifs is 8. The highest BCUT2D eigenvalue weighted by atomic mass is 16.5. The molecule has 12 aromatic rings. The first-order chi connectivity index (χ1) is 60.8. The van der Waals surface area contributed by atoms with E-state index in [1.807, 2.05) is 146 Å². The number of carbonyl (C=O) groups is 4. The highest BCUT2D eigenvalue weighted by Gasteiger charge is 2.24. The molecule has 4 heterocycles. The van der Waals surface area contributed by atoms with E-state index < -0.39 is 23.9 Å². The SMILES string of the molecule is CCCCOc1cc2c(C=CC(=O)Oc3ccc(C=NCc4ccco4)cc3)c(c1)Cc1cc(OCCCC)cc(c1C=CC(=O)Oc1ccc(C=NCc3ccco3)cc1)Cc1cc(OCCCC)cc(c1C=CC(=O)Oc1ccc(C=NCc3ccco3)cc1)Cc1cc(OCCCC)cc(c1C=CC(=O)Oc1ccc(C=NCc3ccco3)cc1)C2. The number of ether oxygens (including phenoxy) is 8. The Kier molecular flexibility index (Phi) is 32.3. The molecule has 1 aliphatic carbocycles. The molecule has 0 unspecified atom stereocenters. The van der Waals surface area contributed by atoms with E-state index in [1.165, 1.54) is 24.3 Å². The van der Waals surface area contributed by atoms with Crippen LogP contribution in [0.25, 0.3) is 24.3 Å². The first-order valence-electron chi connectivity index (χ1n) is 42.1. The Hall–Kier alpha value is -14.4. The summed E-state index contributed by atoms with van der Waals surface area (Å²) in [6.45, 7) is 11.4. The predicted octanol–water partition coefficient (Wildman–Crippen LogP) is 22.4. The molecule has 0 atom stereocenters. The molecular weight excluding hydrogens is 1560 g/mol. The molecule has 0 saturated carbocycles. The summed E-state index contributed by atoms with van der Waals surface area (Å²) in [7, 11) is 0. The summed E-state index contributed by atoms with van der Waals surface area (Å²) in [5.74, 6) is 3.80. The molecule has 0 radical (unpaired) electrons. The second-order valence-corrected chi connectivity index (χ2v) is 29.6. The third-order valence-electron chi connectivity index (χ3n) is 20.1. The van der Waals surface area contributed by atoms with Gasteiger partial charge >= 0.3 is 23.9 Å². The number of carbonyl (C=O) groups excluding carboxylic acids is 4. The Balaban J connectivity index is 0.981. The number of unbranched alkanes of at least 4 members (excludes halogenated alkanes) is 4. The van der Waals surface area contributed by atoms with Crippen LogP contribution >= 0.6 is 0 Å². The largest absolute Gasteiger partial charge is 0.494 e. The van der Waals surface area contributed by atoms with Crippen molar-refractivity contribution in [1.82, 2.24) is 0 Å². The van der Waals surface area contributed by atoms with Crippen LogP contribution in [0.5, 0.6) is 46.0 Å². The molecule has 0 spiro atoms. The van der Waals surface area contributed by atoms with E-state index in [-0.39, 0.29) is 25.7 Å². The standard InChI is InChI=1S/C104H100N4O16/c1-5-9-45-117-93-57-77-53-79-59-94(118-46-10-6-2)61-81(98(79)38-42-102(110)122-86-31-23-74(24-32-86)66-106-70-90-18-14-50-114-90)55-83-63-96(120-48-12-8-4)64-84(100(83)40-44-104(112)124-88-35-27-76(28-36-88)68-108-72-92-20-16-52-116-92)56-82-62-95(119-47-11-7-3)60-80(99(82)39-43-103(111)123-87-33-25-75(26-34-87)67-107-71-91-19-15-51-115-91)54-78(58-93)97(77)37-41-101(109)121-85-29-21-73(22-30-85)65-105-69-89-17-13-49-113-89/h13-44,49-52,57-68H,5-12,45-48,53-56,69-72H2,1-4H3. The van der Waals surface area contributed by atoms with E-state index in [1.54, 1.807) is 123 Å². The fraction of sp³-hybridized carbons (Fsp3) is 0.231. The van der Waals surface area contributed by atoms with Gasteiger partial charge in [-0.25, -0.2) is 19.2 Å². The van der Waals surface area contributed by atoms with Gasteiger partial charge in [0.1, 0.15) is 69.0 Å². The lowest BCUT2D eigenvalue weighted by Gasteiger charge is -2.23. The Morgan fingerprint density at radius 1 is 0.282 bits per heavy atom. The van der Waals surface area contributed by atoms with Crippen LogP contribution in [0.15, 0.2) is 281 Å². The molecule has 0 amide bonds. The number of aliphatic imine (C=N–C) groups is 4. The zero-order valence-electron chi connectivity index (χ0n) is 70.2. The maximum Gasteiger partial charge on any atom is 0.336 e. The van der Waals surface area contributed by atoms with E-state index in [4.69, 9.17) is 55.6 Å². The molecule has 8 aromatic carbocycles. The van der Waals surface area contributed by atoms with Gasteiger partial charge in [-0.05, 0) is 359 Å². The average Bonchev–Trinajstić information content (AvgIpc) is 0.828. The van der Waals surface area contributed by atoms with Crippen molar-refractivity contribution in [2.75, 3.05) is 26.4 Å². The van der Waals surface area contributed by atoms with Crippen molar-refractivity contribution in [1.29, 1.82) is 0 Å². The zero-order chi connectivity index (χ0) is 85.9. The summed E-state index contributed by atoms with van der Waals surface area (Å²) in [6, 6.07) is 59.0. The highest BCUT2D eigenvalue weighted by Crippen LogP contribution is 2.39. The van der Waals surface area contributed by atoms with Gasteiger partial charge in [0.05, 0.1) is 77.7 Å². The van der Waals surface area contributed by atoms with Crippen LogP contribution < -0.4 is 37.9 Å². The van der Waals surface area contributed by atoms with E-state index >= 15 is 0 Å². The van der Waals surface area contributed by atoms with Crippen molar-refractivity contribution in [2.45, 2.75) is 131 Å². The Morgan fingerprint density at radius 2 is 0.484 bits per heavy atom. The van der Waals surface area contributed by atoms with Crippen LogP contribution in [-0.2, 0) is 71.0 Å². The Morgan fingerprint density at radius 3 is 0.661 bits per heavy atom. The van der Waals surface area contributed by atoms with Crippen LogP contribution in [-0.4, -0.2) is 75.2 Å². The maximum absolute atomic E-state index is 14.6. The lowest BCUT2D eigenvalue weighted by atomic mass is 9.84.